The highest BCUT2D eigenvalue weighted by Gasteiger charge is 2.12. The van der Waals surface area contributed by atoms with E-state index in [1.54, 1.807) is 24.4 Å². The van der Waals surface area contributed by atoms with Crippen LogP contribution in [-0.4, -0.2) is 22.2 Å². The second-order valence-corrected chi connectivity index (χ2v) is 6.36. The average Bonchev–Trinajstić information content (AvgIpc) is 2.49. The molecule has 0 unspecified atom stereocenters. The predicted molar refractivity (Wildman–Crippen MR) is 90.5 cm³/mol. The Kier molecular flexibility index (Phi) is 5.49. The van der Waals surface area contributed by atoms with E-state index in [1.165, 1.54) is 12.4 Å². The van der Waals surface area contributed by atoms with Crippen LogP contribution in [0.5, 0.6) is 5.75 Å². The summed E-state index contributed by atoms with van der Waals surface area (Å²) in [6.07, 6.45) is 4.45. The number of phenolic OH excluding ortho intramolecular Hbond substituents is 1. The Hall–Kier alpha value is -1.25. The molecule has 1 heterocycles. The van der Waals surface area contributed by atoms with Crippen molar-refractivity contribution in [3.8, 4) is 5.75 Å². The first-order valence-electron chi connectivity index (χ1n) is 5.60. The number of aromatic hydroxyl groups is 1. The number of hydrogen-bond donors (Lipinski definition) is 2. The molecule has 1 amide bonds. The summed E-state index contributed by atoms with van der Waals surface area (Å²) in [7, 11) is 0. The molecule has 21 heavy (non-hydrogen) atoms. The van der Waals surface area contributed by atoms with Crippen LogP contribution in [0.1, 0.15) is 15.9 Å². The maximum absolute atomic E-state index is 11.8. The largest absolute Gasteiger partial charge is 0.506 e. The van der Waals surface area contributed by atoms with Crippen molar-refractivity contribution in [3.05, 3.63) is 55.1 Å². The summed E-state index contributed by atoms with van der Waals surface area (Å²) >= 11 is 9.85. The molecule has 1 aromatic heterocycles. The summed E-state index contributed by atoms with van der Waals surface area (Å²) < 4.78 is 1.71. The van der Waals surface area contributed by atoms with Crippen LogP contribution in [0.4, 0.5) is 0 Å². The minimum atomic E-state index is -0.368. The van der Waals surface area contributed by atoms with Gasteiger partial charge in [-0.15, -0.1) is 0 Å². The first kappa shape index (κ1) is 16.1. The minimum Gasteiger partial charge on any atom is -0.506 e. The van der Waals surface area contributed by atoms with Crippen LogP contribution in [0.2, 0.25) is 0 Å². The number of pyridine rings is 1. The van der Waals surface area contributed by atoms with E-state index in [4.69, 9.17) is 0 Å². The van der Waals surface area contributed by atoms with Gasteiger partial charge in [0.1, 0.15) is 5.75 Å². The second kappa shape index (κ2) is 7.15. The van der Waals surface area contributed by atoms with E-state index in [9.17, 15) is 9.90 Å². The number of carbonyl (C=O) groups excluding carboxylic acids is 1. The van der Waals surface area contributed by atoms with E-state index >= 15 is 0 Å². The average molecular weight is 478 g/mol. The maximum atomic E-state index is 11.8. The normalized spacial score (nSPS) is 10.8. The number of hydrazone groups is 1. The van der Waals surface area contributed by atoms with Crippen LogP contribution in [-0.2, 0) is 0 Å². The van der Waals surface area contributed by atoms with Crippen molar-refractivity contribution in [2.24, 2.45) is 5.10 Å². The fourth-order valence-corrected chi connectivity index (χ4v) is 3.76. The summed E-state index contributed by atoms with van der Waals surface area (Å²) in [4.78, 5) is 15.6. The standard InChI is InChI=1S/C13H8Br3N3O2/c14-9-4-10(15)12(20)11(16)8(9)6-18-19-13(21)7-2-1-3-17-5-7/h1-6,20H,(H,19,21)/b18-6+. The third kappa shape index (κ3) is 3.90. The van der Waals surface area contributed by atoms with Gasteiger partial charge in [-0.2, -0.15) is 5.10 Å². The van der Waals surface area contributed by atoms with Crippen LogP contribution in [0.25, 0.3) is 0 Å². The summed E-state index contributed by atoms with van der Waals surface area (Å²) in [6.45, 7) is 0. The van der Waals surface area contributed by atoms with Gasteiger partial charge >= 0.3 is 0 Å². The SMILES string of the molecule is O=C(N/N=C/c1c(Br)cc(Br)c(O)c1Br)c1cccnc1. The third-order valence-corrected chi connectivity index (χ3v) is 4.53. The number of hydrogen-bond acceptors (Lipinski definition) is 4. The van der Waals surface area contributed by atoms with Crippen LogP contribution >= 0.6 is 47.8 Å². The van der Waals surface area contributed by atoms with Crippen molar-refractivity contribution >= 4 is 59.9 Å². The molecule has 2 N–H and O–H groups in total. The van der Waals surface area contributed by atoms with Gasteiger partial charge < -0.3 is 5.11 Å². The molecule has 2 aromatic rings. The Bertz CT molecular complexity index is 706. The molecule has 108 valence electrons. The molecule has 0 aliphatic heterocycles. The maximum Gasteiger partial charge on any atom is 0.272 e. The first-order chi connectivity index (χ1) is 10.0. The fraction of sp³-hybridized carbons (Fsp3) is 0. The van der Waals surface area contributed by atoms with Gasteiger partial charge in [-0.3, -0.25) is 9.78 Å². The lowest BCUT2D eigenvalue weighted by molar-refractivity contribution is 0.0955. The third-order valence-electron chi connectivity index (χ3n) is 2.46. The Labute approximate surface area is 145 Å². The summed E-state index contributed by atoms with van der Waals surface area (Å²) in [6, 6.07) is 4.98. The number of aromatic nitrogens is 1. The zero-order chi connectivity index (χ0) is 15.4. The molecular weight excluding hydrogens is 470 g/mol. The zero-order valence-corrected chi connectivity index (χ0v) is 15.1. The first-order valence-corrected chi connectivity index (χ1v) is 7.98. The quantitative estimate of drug-likeness (QED) is 0.521. The van der Waals surface area contributed by atoms with Crippen molar-refractivity contribution in [1.29, 1.82) is 0 Å². The van der Waals surface area contributed by atoms with Gasteiger partial charge in [0.25, 0.3) is 5.91 Å². The zero-order valence-electron chi connectivity index (χ0n) is 10.3. The van der Waals surface area contributed by atoms with Gasteiger partial charge in [0.2, 0.25) is 0 Å². The smallest absolute Gasteiger partial charge is 0.272 e. The molecular formula is C13H8Br3N3O2. The van der Waals surface area contributed by atoms with E-state index < -0.39 is 0 Å². The monoisotopic (exact) mass is 475 g/mol. The van der Waals surface area contributed by atoms with E-state index in [0.717, 1.165) is 0 Å². The van der Waals surface area contributed by atoms with Crippen molar-refractivity contribution in [2.45, 2.75) is 0 Å². The molecule has 0 spiro atoms. The topological polar surface area (TPSA) is 74.6 Å². The van der Waals surface area contributed by atoms with E-state index in [2.05, 4.69) is 63.3 Å². The Morgan fingerprint density at radius 3 is 2.76 bits per heavy atom. The molecule has 0 aliphatic rings. The molecule has 0 bridgehead atoms. The number of nitrogens with one attached hydrogen (secondary N) is 1. The van der Waals surface area contributed by atoms with Crippen LogP contribution in [0, 0.1) is 0 Å². The molecule has 0 saturated heterocycles. The number of benzene rings is 1. The van der Waals surface area contributed by atoms with Crippen LogP contribution in [0.15, 0.2) is 49.1 Å². The van der Waals surface area contributed by atoms with Crippen molar-refractivity contribution < 1.29 is 9.90 Å². The summed E-state index contributed by atoms with van der Waals surface area (Å²) in [5.41, 5.74) is 3.40. The molecule has 0 aliphatic carbocycles. The molecule has 5 nitrogen and oxygen atoms in total. The number of rotatable bonds is 3. The van der Waals surface area contributed by atoms with Crippen molar-refractivity contribution in [2.75, 3.05) is 0 Å². The predicted octanol–water partition coefficient (Wildman–Crippen LogP) is 3.84. The van der Waals surface area contributed by atoms with E-state index in [0.29, 0.717) is 24.5 Å². The summed E-state index contributed by atoms with van der Waals surface area (Å²) in [5, 5.41) is 13.7. The highest BCUT2D eigenvalue weighted by atomic mass is 79.9. The molecule has 8 heteroatoms. The number of carbonyl (C=O) groups is 1. The number of phenols is 1. The van der Waals surface area contributed by atoms with Gasteiger partial charge in [-0.05, 0) is 50.1 Å². The number of amides is 1. The number of halogens is 3. The lowest BCUT2D eigenvalue weighted by Gasteiger charge is -2.06. The highest BCUT2D eigenvalue weighted by molar-refractivity contribution is 9.11. The Morgan fingerprint density at radius 2 is 2.10 bits per heavy atom. The van der Waals surface area contributed by atoms with Gasteiger partial charge in [0, 0.05) is 22.4 Å². The van der Waals surface area contributed by atoms with Gasteiger partial charge in [0.05, 0.1) is 20.7 Å². The molecule has 0 saturated carbocycles. The van der Waals surface area contributed by atoms with E-state index in [-0.39, 0.29) is 11.7 Å². The van der Waals surface area contributed by atoms with Crippen LogP contribution in [0.3, 0.4) is 0 Å². The Morgan fingerprint density at radius 1 is 1.33 bits per heavy atom. The van der Waals surface area contributed by atoms with Crippen molar-refractivity contribution in [3.63, 3.8) is 0 Å². The Balaban J connectivity index is 2.16. The lowest BCUT2D eigenvalue weighted by Crippen LogP contribution is -2.17. The highest BCUT2D eigenvalue weighted by Crippen LogP contribution is 2.38. The van der Waals surface area contributed by atoms with Gasteiger partial charge in [-0.25, -0.2) is 5.43 Å². The van der Waals surface area contributed by atoms with E-state index in [1.807, 2.05) is 0 Å². The number of nitrogens with zero attached hydrogens (tertiary/aromatic N) is 2. The van der Waals surface area contributed by atoms with Crippen molar-refractivity contribution in [1.82, 2.24) is 10.4 Å². The fourth-order valence-electron chi connectivity index (χ4n) is 1.43. The van der Waals surface area contributed by atoms with Crippen LogP contribution < -0.4 is 5.43 Å². The molecule has 0 radical (unpaired) electrons. The molecule has 0 fully saturated rings. The second-order valence-electron chi connectivity index (χ2n) is 3.86. The molecule has 2 rings (SSSR count). The molecule has 1 aromatic carbocycles. The molecule has 0 atom stereocenters. The lowest BCUT2D eigenvalue weighted by atomic mass is 10.2. The summed E-state index contributed by atoms with van der Waals surface area (Å²) in [5.74, 6) is -0.314. The van der Waals surface area contributed by atoms with Gasteiger partial charge in [0.15, 0.2) is 0 Å². The van der Waals surface area contributed by atoms with Gasteiger partial charge in [-0.1, -0.05) is 15.9 Å². The minimum absolute atomic E-state index is 0.0539.